The topological polar surface area (TPSA) is 44.8 Å². The highest BCUT2D eigenvalue weighted by Gasteiger charge is 2.14. The summed E-state index contributed by atoms with van der Waals surface area (Å²) in [4.78, 5) is 11.2. The molecule has 0 aliphatic heterocycles. The minimum Gasteiger partial charge on any atom is -0.489 e. The summed E-state index contributed by atoms with van der Waals surface area (Å²) in [5.41, 5.74) is 1.35. The number of halogens is 1. The molecule has 22 heavy (non-hydrogen) atoms. The molecular formula is C17H17FO4. The summed E-state index contributed by atoms with van der Waals surface area (Å²) in [5.74, 6) is 0.188. The summed E-state index contributed by atoms with van der Waals surface area (Å²) < 4.78 is 28.8. The van der Waals surface area contributed by atoms with Crippen LogP contribution < -0.4 is 9.47 Å². The van der Waals surface area contributed by atoms with Gasteiger partial charge in [0, 0.05) is 0 Å². The van der Waals surface area contributed by atoms with Gasteiger partial charge in [0.25, 0.3) is 0 Å². The van der Waals surface area contributed by atoms with Crippen LogP contribution in [-0.2, 0) is 17.8 Å². The Balaban J connectivity index is 2.12. The van der Waals surface area contributed by atoms with Crippen molar-refractivity contribution in [3.8, 4) is 11.5 Å². The molecule has 0 heterocycles. The van der Waals surface area contributed by atoms with E-state index in [1.54, 1.807) is 0 Å². The summed E-state index contributed by atoms with van der Waals surface area (Å²) in [6.45, 7) is 2.01. The molecule has 0 bridgehead atoms. The molecule has 116 valence electrons. The largest absolute Gasteiger partial charge is 0.513 e. The first kappa shape index (κ1) is 15.8. The van der Waals surface area contributed by atoms with Gasteiger partial charge in [-0.05, 0) is 36.2 Å². The first-order chi connectivity index (χ1) is 10.6. The van der Waals surface area contributed by atoms with E-state index in [2.05, 4.69) is 11.7 Å². The molecule has 0 N–H and O–H groups in total. The van der Waals surface area contributed by atoms with Crippen LogP contribution in [0.3, 0.4) is 0 Å². The van der Waals surface area contributed by atoms with E-state index in [0.717, 1.165) is 6.42 Å². The zero-order chi connectivity index (χ0) is 15.9. The Hall–Kier alpha value is -2.56. The normalized spacial score (nSPS) is 10.1. The number of ether oxygens (including phenoxy) is 3. The third-order valence-corrected chi connectivity index (χ3v) is 3.15. The van der Waals surface area contributed by atoms with Gasteiger partial charge < -0.3 is 14.2 Å². The fraction of sp³-hybridized carbons (Fsp3) is 0.235. The first-order valence-electron chi connectivity index (χ1n) is 6.89. The van der Waals surface area contributed by atoms with Crippen LogP contribution in [0.1, 0.15) is 18.1 Å². The predicted octanol–water partition coefficient (Wildman–Crippen LogP) is 4.11. The smallest absolute Gasteiger partial charge is 0.489 e. The Bertz CT molecular complexity index is 638. The summed E-state index contributed by atoms with van der Waals surface area (Å²) >= 11 is 0. The van der Waals surface area contributed by atoms with Crippen LogP contribution in [0.25, 0.3) is 0 Å². The number of hydrogen-bond acceptors (Lipinski definition) is 4. The highest BCUT2D eigenvalue weighted by atomic mass is 19.1. The molecule has 2 aromatic rings. The Labute approximate surface area is 128 Å². The van der Waals surface area contributed by atoms with Gasteiger partial charge >= 0.3 is 6.16 Å². The zero-order valence-electron chi connectivity index (χ0n) is 12.5. The van der Waals surface area contributed by atoms with Crippen molar-refractivity contribution in [1.82, 2.24) is 0 Å². The fourth-order valence-electron chi connectivity index (χ4n) is 1.88. The molecule has 0 aliphatic carbocycles. The summed E-state index contributed by atoms with van der Waals surface area (Å²) in [6, 6.07) is 11.8. The second-order valence-corrected chi connectivity index (χ2v) is 4.56. The van der Waals surface area contributed by atoms with E-state index in [1.165, 1.54) is 30.9 Å². The summed E-state index contributed by atoms with van der Waals surface area (Å²) in [6.07, 6.45) is 0.0317. The van der Waals surface area contributed by atoms with Crippen molar-refractivity contribution in [3.63, 3.8) is 0 Å². The fourth-order valence-corrected chi connectivity index (χ4v) is 1.88. The first-order valence-corrected chi connectivity index (χ1v) is 6.89. The quantitative estimate of drug-likeness (QED) is 0.616. The van der Waals surface area contributed by atoms with Gasteiger partial charge in [-0.25, -0.2) is 9.18 Å². The highest BCUT2D eigenvalue weighted by Crippen LogP contribution is 2.24. The molecule has 5 heteroatoms. The molecule has 0 saturated carbocycles. The van der Waals surface area contributed by atoms with E-state index in [-0.39, 0.29) is 17.9 Å². The van der Waals surface area contributed by atoms with E-state index in [0.29, 0.717) is 5.75 Å². The van der Waals surface area contributed by atoms with Crippen LogP contribution in [0.15, 0.2) is 42.5 Å². The lowest BCUT2D eigenvalue weighted by Crippen LogP contribution is -2.10. The molecule has 0 unspecified atom stereocenters. The van der Waals surface area contributed by atoms with Crippen LogP contribution in [0.4, 0.5) is 9.18 Å². The minimum absolute atomic E-state index is 0.0511. The number of hydrogen-bond donors (Lipinski definition) is 0. The molecule has 0 spiro atoms. The molecule has 2 rings (SSSR count). The molecule has 4 nitrogen and oxygen atoms in total. The van der Waals surface area contributed by atoms with Crippen molar-refractivity contribution in [2.24, 2.45) is 0 Å². The number of aryl methyl sites for hydroxylation is 1. The maximum atomic E-state index is 13.9. The number of carbonyl (C=O) groups excluding carboxylic acids is 1. The maximum absolute atomic E-state index is 13.9. The molecule has 0 aromatic heterocycles. The van der Waals surface area contributed by atoms with Gasteiger partial charge in [-0.3, -0.25) is 0 Å². The second-order valence-electron chi connectivity index (χ2n) is 4.56. The Kier molecular flexibility index (Phi) is 5.36. The predicted molar refractivity (Wildman–Crippen MR) is 79.6 cm³/mol. The van der Waals surface area contributed by atoms with Gasteiger partial charge in [-0.2, -0.15) is 0 Å². The third-order valence-electron chi connectivity index (χ3n) is 3.15. The zero-order valence-corrected chi connectivity index (χ0v) is 12.5. The van der Waals surface area contributed by atoms with Crippen molar-refractivity contribution in [3.05, 3.63) is 59.4 Å². The van der Waals surface area contributed by atoms with Crippen molar-refractivity contribution in [1.29, 1.82) is 0 Å². The molecule has 0 fully saturated rings. The number of benzene rings is 2. The lowest BCUT2D eigenvalue weighted by atomic mass is 10.1. The lowest BCUT2D eigenvalue weighted by molar-refractivity contribution is 0.120. The van der Waals surface area contributed by atoms with E-state index in [4.69, 9.17) is 9.47 Å². The van der Waals surface area contributed by atoms with Crippen molar-refractivity contribution in [2.75, 3.05) is 7.11 Å². The van der Waals surface area contributed by atoms with E-state index >= 15 is 0 Å². The average molecular weight is 304 g/mol. The van der Waals surface area contributed by atoms with E-state index in [9.17, 15) is 9.18 Å². The third kappa shape index (κ3) is 3.97. The van der Waals surface area contributed by atoms with Crippen molar-refractivity contribution < 1.29 is 23.4 Å². The van der Waals surface area contributed by atoms with Crippen LogP contribution >= 0.6 is 0 Å². The number of carbonyl (C=O) groups is 1. The SMILES string of the molecule is CCc1ccc(OCc2c(F)cccc2OC(=O)OC)cc1. The number of rotatable bonds is 5. The Morgan fingerprint density at radius 2 is 1.86 bits per heavy atom. The molecule has 0 radical (unpaired) electrons. The minimum atomic E-state index is -0.904. The van der Waals surface area contributed by atoms with E-state index in [1.807, 2.05) is 24.3 Å². The van der Waals surface area contributed by atoms with Gasteiger partial charge in [-0.1, -0.05) is 25.1 Å². The Morgan fingerprint density at radius 3 is 2.50 bits per heavy atom. The molecule has 0 atom stereocenters. The van der Waals surface area contributed by atoms with Gasteiger partial charge in [0.15, 0.2) is 0 Å². The second kappa shape index (κ2) is 7.45. The van der Waals surface area contributed by atoms with E-state index < -0.39 is 12.0 Å². The monoisotopic (exact) mass is 304 g/mol. The molecule has 0 aliphatic rings. The van der Waals surface area contributed by atoms with Gasteiger partial charge in [0.1, 0.15) is 23.9 Å². The summed E-state index contributed by atoms with van der Waals surface area (Å²) in [5, 5.41) is 0. The molecule has 0 amide bonds. The summed E-state index contributed by atoms with van der Waals surface area (Å²) in [7, 11) is 1.19. The standard InChI is InChI=1S/C17H17FO4/c1-3-12-7-9-13(10-8-12)21-11-14-15(18)5-4-6-16(14)22-17(19)20-2/h4-10H,3,11H2,1-2H3. The maximum Gasteiger partial charge on any atom is 0.513 e. The van der Waals surface area contributed by atoms with Crippen LogP contribution in [0.5, 0.6) is 11.5 Å². The van der Waals surface area contributed by atoms with Gasteiger partial charge in [0.05, 0.1) is 12.7 Å². The molecule has 2 aromatic carbocycles. The van der Waals surface area contributed by atoms with Gasteiger partial charge in [0.2, 0.25) is 0 Å². The van der Waals surface area contributed by atoms with Crippen LogP contribution in [-0.4, -0.2) is 13.3 Å². The van der Waals surface area contributed by atoms with Crippen LogP contribution in [0, 0.1) is 5.82 Å². The van der Waals surface area contributed by atoms with Crippen molar-refractivity contribution in [2.45, 2.75) is 20.0 Å². The van der Waals surface area contributed by atoms with Gasteiger partial charge in [-0.15, -0.1) is 0 Å². The molecule has 0 saturated heterocycles. The Morgan fingerprint density at radius 1 is 1.14 bits per heavy atom. The van der Waals surface area contributed by atoms with Crippen molar-refractivity contribution >= 4 is 6.16 Å². The van der Waals surface area contributed by atoms with Crippen LogP contribution in [0.2, 0.25) is 0 Å². The lowest BCUT2D eigenvalue weighted by Gasteiger charge is -2.12. The highest BCUT2D eigenvalue weighted by molar-refractivity contribution is 5.64. The molecular weight excluding hydrogens is 287 g/mol. The average Bonchev–Trinajstić information content (AvgIpc) is 2.54. The number of methoxy groups -OCH3 is 1.